The zero-order valence-electron chi connectivity index (χ0n) is 20.5. The Bertz CT molecular complexity index is 1420. The smallest absolute Gasteiger partial charge is 0.226 e. The van der Waals surface area contributed by atoms with Crippen LogP contribution in [0.2, 0.25) is 5.02 Å². The molecule has 0 aliphatic carbocycles. The van der Waals surface area contributed by atoms with E-state index in [-0.39, 0.29) is 24.4 Å². The molecule has 1 saturated heterocycles. The molecule has 2 aromatic heterocycles. The first-order chi connectivity index (χ1) is 18.5. The number of hydrogen-bond donors (Lipinski definition) is 2. The second-order valence-electron chi connectivity index (χ2n) is 8.53. The number of pyridine rings is 1. The van der Waals surface area contributed by atoms with Crippen molar-refractivity contribution in [2.45, 2.75) is 28.5 Å². The van der Waals surface area contributed by atoms with E-state index < -0.39 is 0 Å². The molecule has 5 rings (SSSR count). The third kappa shape index (κ3) is 5.96. The lowest BCUT2D eigenvalue weighted by Crippen LogP contribution is -2.32. The highest BCUT2D eigenvalue weighted by Gasteiger charge is 2.41. The summed E-state index contributed by atoms with van der Waals surface area (Å²) in [6.07, 6.45) is 1.98. The molecule has 0 radical (unpaired) electrons. The topological polar surface area (TPSA) is 79.6 Å². The van der Waals surface area contributed by atoms with Gasteiger partial charge in [-0.3, -0.25) is 9.78 Å². The van der Waals surface area contributed by atoms with Crippen LogP contribution in [0.15, 0.2) is 99.5 Å². The van der Waals surface area contributed by atoms with Gasteiger partial charge in [0.2, 0.25) is 5.91 Å². The predicted molar refractivity (Wildman–Crippen MR) is 153 cm³/mol. The first-order valence-electron chi connectivity index (χ1n) is 12.0. The van der Waals surface area contributed by atoms with Crippen molar-refractivity contribution in [1.29, 1.82) is 0 Å². The predicted octanol–water partition coefficient (Wildman–Crippen LogP) is 6.49. The largest absolute Gasteiger partial charge is 0.495 e. The maximum atomic E-state index is 12.9. The lowest BCUT2D eigenvalue weighted by atomic mass is 10.0. The third-order valence-corrected chi connectivity index (χ3v) is 7.62. The average Bonchev–Trinajstić information content (AvgIpc) is 3.53. The number of nitrogens with zero attached hydrogens (tertiary/aromatic N) is 2. The molecule has 0 spiro atoms. The quantitative estimate of drug-likeness (QED) is 0.223. The third-order valence-electron chi connectivity index (χ3n) is 6.08. The summed E-state index contributed by atoms with van der Waals surface area (Å²) in [6, 6.07) is 24.1. The standard InChI is InChI=1S/C28H25ClN4O3S2/c1-35-22-8-3-2-6-20(22)31-24(34)15-17-33-27(26(32-28(33)37)21-7-4-5-16-30-21)23-13-14-25(36-23)38-19-11-9-18(29)10-12-19/h2-14,16,26-27H,15,17H2,1H3,(H,31,34)(H,32,37). The molecule has 1 aliphatic rings. The number of furan rings is 1. The number of thiocarbonyl (C=S) groups is 1. The fraction of sp³-hybridized carbons (Fsp3) is 0.179. The Morgan fingerprint density at radius 1 is 1.13 bits per heavy atom. The molecule has 2 unspecified atom stereocenters. The van der Waals surface area contributed by atoms with Gasteiger partial charge in [0, 0.05) is 29.1 Å². The molecule has 1 aliphatic heterocycles. The fourth-order valence-electron chi connectivity index (χ4n) is 4.30. The normalized spacial score (nSPS) is 16.8. The number of para-hydroxylation sites is 2. The number of anilines is 1. The van der Waals surface area contributed by atoms with Crippen LogP contribution < -0.4 is 15.4 Å². The van der Waals surface area contributed by atoms with Crippen LogP contribution in [-0.2, 0) is 4.79 Å². The molecule has 4 aromatic rings. The van der Waals surface area contributed by atoms with Crippen molar-refractivity contribution in [2.75, 3.05) is 19.0 Å². The summed E-state index contributed by atoms with van der Waals surface area (Å²) in [6.45, 7) is 0.390. The van der Waals surface area contributed by atoms with Gasteiger partial charge in [0.05, 0.1) is 24.5 Å². The van der Waals surface area contributed by atoms with Gasteiger partial charge >= 0.3 is 0 Å². The summed E-state index contributed by atoms with van der Waals surface area (Å²) in [4.78, 5) is 20.4. The fourth-order valence-corrected chi connectivity index (χ4v) is 5.54. The molecule has 2 N–H and O–H groups in total. The molecular formula is C28H25ClN4O3S2. The van der Waals surface area contributed by atoms with E-state index in [1.54, 1.807) is 25.4 Å². The summed E-state index contributed by atoms with van der Waals surface area (Å²) < 4.78 is 11.7. The van der Waals surface area contributed by atoms with Crippen LogP contribution in [-0.4, -0.2) is 34.6 Å². The monoisotopic (exact) mass is 564 g/mol. The number of nitrogens with one attached hydrogen (secondary N) is 2. The molecule has 0 bridgehead atoms. The molecule has 38 heavy (non-hydrogen) atoms. The van der Waals surface area contributed by atoms with E-state index in [9.17, 15) is 4.79 Å². The first kappa shape index (κ1) is 26.1. The van der Waals surface area contributed by atoms with E-state index in [1.807, 2.05) is 71.6 Å². The van der Waals surface area contributed by atoms with Crippen molar-refractivity contribution >= 4 is 52.3 Å². The highest BCUT2D eigenvalue weighted by Crippen LogP contribution is 2.41. The average molecular weight is 565 g/mol. The Labute approximate surface area is 235 Å². The van der Waals surface area contributed by atoms with Gasteiger partial charge in [0.1, 0.15) is 17.6 Å². The van der Waals surface area contributed by atoms with Crippen molar-refractivity contribution in [1.82, 2.24) is 15.2 Å². The number of aromatic nitrogens is 1. The second kappa shape index (κ2) is 11.9. The van der Waals surface area contributed by atoms with Crippen molar-refractivity contribution in [3.05, 3.63) is 102 Å². The van der Waals surface area contributed by atoms with Gasteiger partial charge in [-0.1, -0.05) is 41.6 Å². The Kier molecular flexibility index (Phi) is 8.17. The lowest BCUT2D eigenvalue weighted by molar-refractivity contribution is -0.116. The van der Waals surface area contributed by atoms with Crippen molar-refractivity contribution < 1.29 is 13.9 Å². The summed E-state index contributed by atoms with van der Waals surface area (Å²) >= 11 is 13.2. The minimum Gasteiger partial charge on any atom is -0.495 e. The minimum atomic E-state index is -0.281. The van der Waals surface area contributed by atoms with Gasteiger partial charge in [0.15, 0.2) is 10.2 Å². The lowest BCUT2D eigenvalue weighted by Gasteiger charge is -2.25. The van der Waals surface area contributed by atoms with Crippen molar-refractivity contribution in [3.63, 3.8) is 0 Å². The van der Waals surface area contributed by atoms with Crippen LogP contribution in [0.4, 0.5) is 5.69 Å². The number of ether oxygens (including phenoxy) is 1. The van der Waals surface area contributed by atoms with Crippen LogP contribution in [0.25, 0.3) is 0 Å². The number of methoxy groups -OCH3 is 1. The minimum absolute atomic E-state index is 0.143. The molecule has 2 aromatic carbocycles. The van der Waals surface area contributed by atoms with Crippen molar-refractivity contribution in [2.24, 2.45) is 0 Å². The van der Waals surface area contributed by atoms with Crippen LogP contribution in [0.5, 0.6) is 5.75 Å². The Hall–Kier alpha value is -3.53. The van der Waals surface area contributed by atoms with E-state index in [2.05, 4.69) is 15.6 Å². The molecule has 194 valence electrons. The van der Waals surface area contributed by atoms with Gasteiger partial charge in [-0.2, -0.15) is 0 Å². The molecule has 2 atom stereocenters. The van der Waals surface area contributed by atoms with E-state index >= 15 is 0 Å². The number of benzene rings is 2. The molecule has 1 fully saturated rings. The Morgan fingerprint density at radius 2 is 1.92 bits per heavy atom. The number of amides is 1. The van der Waals surface area contributed by atoms with Gasteiger partial charge in [-0.05, 0) is 72.9 Å². The van der Waals surface area contributed by atoms with E-state index in [4.69, 9.17) is 33.0 Å². The zero-order valence-corrected chi connectivity index (χ0v) is 22.9. The molecule has 1 amide bonds. The number of rotatable bonds is 9. The van der Waals surface area contributed by atoms with Gasteiger partial charge in [-0.15, -0.1) is 0 Å². The molecule has 10 heteroatoms. The molecular weight excluding hydrogens is 540 g/mol. The highest BCUT2D eigenvalue weighted by molar-refractivity contribution is 7.99. The van der Waals surface area contributed by atoms with Crippen molar-refractivity contribution in [3.8, 4) is 5.75 Å². The zero-order chi connectivity index (χ0) is 26.5. The highest BCUT2D eigenvalue weighted by atomic mass is 35.5. The first-order valence-corrected chi connectivity index (χ1v) is 13.6. The molecule has 7 nitrogen and oxygen atoms in total. The Balaban J connectivity index is 1.36. The van der Waals surface area contributed by atoms with Crippen LogP contribution >= 0.6 is 35.6 Å². The maximum absolute atomic E-state index is 12.9. The van der Waals surface area contributed by atoms with Crippen LogP contribution in [0, 0.1) is 0 Å². The second-order valence-corrected chi connectivity index (χ2v) is 10.4. The van der Waals surface area contributed by atoms with E-state index in [1.165, 1.54) is 11.8 Å². The summed E-state index contributed by atoms with van der Waals surface area (Å²) in [5.41, 5.74) is 1.46. The summed E-state index contributed by atoms with van der Waals surface area (Å²) in [7, 11) is 1.57. The van der Waals surface area contributed by atoms with Crippen LogP contribution in [0.1, 0.15) is 30.0 Å². The SMILES string of the molecule is COc1ccccc1NC(=O)CCN1C(=S)NC(c2ccccn2)C1c1ccc(Sc2ccc(Cl)cc2)o1. The Morgan fingerprint density at radius 3 is 2.68 bits per heavy atom. The maximum Gasteiger partial charge on any atom is 0.226 e. The number of halogens is 1. The summed E-state index contributed by atoms with van der Waals surface area (Å²) in [5, 5.41) is 8.29. The van der Waals surface area contributed by atoms with E-state index in [0.717, 1.165) is 21.4 Å². The number of hydrogen-bond acceptors (Lipinski definition) is 6. The van der Waals surface area contributed by atoms with E-state index in [0.29, 0.717) is 28.1 Å². The number of carbonyl (C=O) groups excluding carboxylic acids is 1. The molecule has 0 saturated carbocycles. The molecule has 3 heterocycles. The van der Waals surface area contributed by atoms with Crippen LogP contribution in [0.3, 0.4) is 0 Å². The van der Waals surface area contributed by atoms with Gasteiger partial charge in [-0.25, -0.2) is 0 Å². The summed E-state index contributed by atoms with van der Waals surface area (Å²) in [5.74, 6) is 1.19. The van der Waals surface area contributed by atoms with Gasteiger partial charge < -0.3 is 24.7 Å². The number of carbonyl (C=O) groups is 1. The van der Waals surface area contributed by atoms with Gasteiger partial charge in [0.25, 0.3) is 0 Å².